The van der Waals surface area contributed by atoms with Gasteiger partial charge in [-0.25, -0.2) is 0 Å². The number of rotatable bonds is 1. The lowest BCUT2D eigenvalue weighted by Crippen LogP contribution is -1.95. The van der Waals surface area contributed by atoms with E-state index in [0.717, 1.165) is 16.7 Å². The molecule has 106 valence electrons. The average Bonchev–Trinajstić information content (AvgIpc) is 2.95. The predicted molar refractivity (Wildman–Crippen MR) is 90.2 cm³/mol. The third-order valence-electron chi connectivity index (χ3n) is 4.08. The molecule has 4 aromatic rings. The van der Waals surface area contributed by atoms with Gasteiger partial charge in [0.2, 0.25) is 0 Å². The summed E-state index contributed by atoms with van der Waals surface area (Å²) in [5.74, 6) is 0. The minimum absolute atomic E-state index is 0.395. The number of aromatic nitrogens is 1. The highest BCUT2D eigenvalue weighted by atomic mass is 15.0. The summed E-state index contributed by atoms with van der Waals surface area (Å²) >= 11 is 0. The molecule has 0 fully saturated rings. The molecule has 3 aromatic carbocycles. The highest BCUT2D eigenvalue weighted by Crippen LogP contribution is 2.32. The second-order valence-corrected chi connectivity index (χ2v) is 5.32. The Morgan fingerprint density at radius 1 is 0.652 bits per heavy atom. The summed E-state index contributed by atoms with van der Waals surface area (Å²) in [7, 11) is 0. The van der Waals surface area contributed by atoms with E-state index in [0.29, 0.717) is 11.1 Å². The highest BCUT2D eigenvalue weighted by molar-refractivity contribution is 6.09. The fourth-order valence-corrected chi connectivity index (χ4v) is 3.06. The maximum Gasteiger partial charge on any atom is 0.101 e. The van der Waals surface area contributed by atoms with Crippen molar-refractivity contribution in [1.82, 2.24) is 4.57 Å². The van der Waals surface area contributed by atoms with Gasteiger partial charge >= 0.3 is 0 Å². The first-order valence-electron chi connectivity index (χ1n) is 7.26. The molecule has 0 unspecified atom stereocenters. The third kappa shape index (κ3) is 1.88. The average molecular weight is 293 g/mol. The van der Waals surface area contributed by atoms with Crippen LogP contribution in [0.2, 0.25) is 0 Å². The van der Waals surface area contributed by atoms with Crippen molar-refractivity contribution in [3.05, 3.63) is 77.9 Å². The Morgan fingerprint density at radius 2 is 1.22 bits per heavy atom. The van der Waals surface area contributed by atoms with Gasteiger partial charge in [-0.1, -0.05) is 36.4 Å². The Hall–Kier alpha value is -3.56. The smallest absolute Gasteiger partial charge is 0.101 e. The van der Waals surface area contributed by atoms with Crippen molar-refractivity contribution in [2.24, 2.45) is 0 Å². The molecular weight excluding hydrogens is 282 g/mol. The molecule has 0 saturated carbocycles. The van der Waals surface area contributed by atoms with E-state index in [2.05, 4.69) is 41.0 Å². The summed E-state index contributed by atoms with van der Waals surface area (Å²) in [6.45, 7) is 0. The summed E-state index contributed by atoms with van der Waals surface area (Å²) in [6.07, 6.45) is 0. The molecule has 1 aromatic heterocycles. The molecule has 23 heavy (non-hydrogen) atoms. The van der Waals surface area contributed by atoms with Gasteiger partial charge < -0.3 is 4.57 Å². The largest absolute Gasteiger partial charge is 0.309 e. The summed E-state index contributed by atoms with van der Waals surface area (Å²) < 4.78 is 2.13. The van der Waals surface area contributed by atoms with Crippen LogP contribution < -0.4 is 0 Å². The van der Waals surface area contributed by atoms with Crippen LogP contribution in [-0.2, 0) is 0 Å². The molecule has 0 bridgehead atoms. The second kappa shape index (κ2) is 5.02. The SMILES string of the molecule is N#Cc1ccc(-n2c3ccccc3c3ccccc32)cc1C#N. The number of fused-ring (bicyclic) bond motifs is 3. The predicted octanol–water partition coefficient (Wildman–Crippen LogP) is 4.53. The molecule has 0 spiro atoms. The number of benzene rings is 3. The standard InChI is InChI=1S/C20H11N3/c21-12-14-9-10-16(11-15(14)13-22)23-19-7-3-1-5-17(19)18-6-2-4-8-20(18)23/h1-11H. The zero-order valence-electron chi connectivity index (χ0n) is 12.2. The quantitative estimate of drug-likeness (QED) is 0.518. The van der Waals surface area contributed by atoms with E-state index in [1.807, 2.05) is 30.3 Å². The first-order chi connectivity index (χ1) is 11.3. The Bertz CT molecular complexity index is 1080. The van der Waals surface area contributed by atoms with Gasteiger partial charge in [-0.15, -0.1) is 0 Å². The summed E-state index contributed by atoms with van der Waals surface area (Å²) in [4.78, 5) is 0. The first kappa shape index (κ1) is 13.1. The van der Waals surface area contributed by atoms with Crippen LogP contribution in [-0.4, -0.2) is 4.57 Å². The van der Waals surface area contributed by atoms with Gasteiger partial charge in [-0.3, -0.25) is 0 Å². The van der Waals surface area contributed by atoms with Crippen molar-refractivity contribution in [3.63, 3.8) is 0 Å². The molecule has 0 aliphatic heterocycles. The molecule has 4 rings (SSSR count). The van der Waals surface area contributed by atoms with E-state index in [1.54, 1.807) is 12.1 Å². The highest BCUT2D eigenvalue weighted by Gasteiger charge is 2.12. The van der Waals surface area contributed by atoms with Gasteiger partial charge in [-0.05, 0) is 30.3 Å². The number of para-hydroxylation sites is 2. The number of hydrogen-bond donors (Lipinski definition) is 0. The molecule has 0 amide bonds. The van der Waals surface area contributed by atoms with Crippen molar-refractivity contribution in [3.8, 4) is 17.8 Å². The van der Waals surface area contributed by atoms with Gasteiger partial charge in [0.15, 0.2) is 0 Å². The molecule has 0 atom stereocenters. The van der Waals surface area contributed by atoms with Gasteiger partial charge in [0, 0.05) is 16.5 Å². The van der Waals surface area contributed by atoms with E-state index in [1.165, 1.54) is 10.8 Å². The lowest BCUT2D eigenvalue weighted by atomic mass is 10.1. The molecule has 1 heterocycles. The van der Waals surface area contributed by atoms with Crippen molar-refractivity contribution >= 4 is 21.8 Å². The Labute approximate surface area is 133 Å². The molecule has 0 aliphatic carbocycles. The van der Waals surface area contributed by atoms with E-state index < -0.39 is 0 Å². The number of nitriles is 2. The van der Waals surface area contributed by atoms with Crippen molar-refractivity contribution in [2.75, 3.05) is 0 Å². The van der Waals surface area contributed by atoms with Crippen LogP contribution in [0.5, 0.6) is 0 Å². The Balaban J connectivity index is 2.13. The minimum Gasteiger partial charge on any atom is -0.309 e. The van der Waals surface area contributed by atoms with E-state index >= 15 is 0 Å². The monoisotopic (exact) mass is 293 g/mol. The van der Waals surface area contributed by atoms with Crippen molar-refractivity contribution < 1.29 is 0 Å². The maximum absolute atomic E-state index is 9.29. The molecule has 0 aliphatic rings. The summed E-state index contributed by atoms with van der Waals surface area (Å²) in [6, 6.07) is 25.9. The summed E-state index contributed by atoms with van der Waals surface area (Å²) in [5, 5.41) is 20.7. The molecule has 0 radical (unpaired) electrons. The van der Waals surface area contributed by atoms with Crippen molar-refractivity contribution in [2.45, 2.75) is 0 Å². The van der Waals surface area contributed by atoms with E-state index in [4.69, 9.17) is 5.26 Å². The fourth-order valence-electron chi connectivity index (χ4n) is 3.06. The molecule has 3 nitrogen and oxygen atoms in total. The first-order valence-corrected chi connectivity index (χ1v) is 7.26. The van der Waals surface area contributed by atoms with Gasteiger partial charge in [-0.2, -0.15) is 10.5 Å². The van der Waals surface area contributed by atoms with E-state index in [9.17, 15) is 5.26 Å². The normalized spacial score (nSPS) is 10.5. The second-order valence-electron chi connectivity index (χ2n) is 5.32. The van der Waals surface area contributed by atoms with Crippen LogP contribution in [0.3, 0.4) is 0 Å². The molecule has 0 saturated heterocycles. The van der Waals surface area contributed by atoms with Crippen LogP contribution >= 0.6 is 0 Å². The minimum atomic E-state index is 0.395. The van der Waals surface area contributed by atoms with Gasteiger partial charge in [0.05, 0.1) is 22.2 Å². The van der Waals surface area contributed by atoms with Crippen molar-refractivity contribution in [1.29, 1.82) is 10.5 Å². The zero-order valence-corrected chi connectivity index (χ0v) is 12.2. The fraction of sp³-hybridized carbons (Fsp3) is 0. The van der Waals surface area contributed by atoms with Crippen LogP contribution in [0.15, 0.2) is 66.7 Å². The van der Waals surface area contributed by atoms with Crippen LogP contribution in [0.4, 0.5) is 0 Å². The molecule has 3 heteroatoms. The zero-order chi connectivity index (χ0) is 15.8. The molecule has 0 N–H and O–H groups in total. The van der Waals surface area contributed by atoms with Crippen LogP contribution in [0.25, 0.3) is 27.5 Å². The summed E-state index contributed by atoms with van der Waals surface area (Å²) in [5.41, 5.74) is 3.85. The lowest BCUT2D eigenvalue weighted by Gasteiger charge is -2.08. The topological polar surface area (TPSA) is 52.5 Å². The Kier molecular flexibility index (Phi) is 2.86. The lowest BCUT2D eigenvalue weighted by molar-refractivity contribution is 1.17. The third-order valence-corrected chi connectivity index (χ3v) is 4.08. The Morgan fingerprint density at radius 3 is 1.78 bits per heavy atom. The van der Waals surface area contributed by atoms with Crippen LogP contribution in [0.1, 0.15) is 11.1 Å². The van der Waals surface area contributed by atoms with E-state index in [-0.39, 0.29) is 0 Å². The number of nitrogens with zero attached hydrogens (tertiary/aromatic N) is 3. The molecular formula is C20H11N3. The van der Waals surface area contributed by atoms with Gasteiger partial charge in [0.1, 0.15) is 12.1 Å². The van der Waals surface area contributed by atoms with Gasteiger partial charge in [0.25, 0.3) is 0 Å². The van der Waals surface area contributed by atoms with Crippen LogP contribution in [0, 0.1) is 22.7 Å². The maximum atomic E-state index is 9.29. The number of hydrogen-bond acceptors (Lipinski definition) is 2.